The Morgan fingerprint density at radius 1 is 1.45 bits per heavy atom. The zero-order chi connectivity index (χ0) is 8.17. The summed E-state index contributed by atoms with van der Waals surface area (Å²) in [6.07, 6.45) is 0.976. The summed E-state index contributed by atoms with van der Waals surface area (Å²) in [4.78, 5) is 2.51. The second-order valence-corrected chi connectivity index (χ2v) is 4.26. The van der Waals surface area contributed by atoms with Gasteiger partial charge in [0.05, 0.1) is 6.10 Å². The third-order valence-corrected chi connectivity index (χ3v) is 3.26. The van der Waals surface area contributed by atoms with Crippen molar-refractivity contribution in [3.05, 3.63) is 0 Å². The predicted molar refractivity (Wildman–Crippen MR) is 44.3 cm³/mol. The van der Waals surface area contributed by atoms with Crippen molar-refractivity contribution >= 4 is 0 Å². The molecule has 1 saturated carbocycles. The number of fused-ring (bicyclic) bond motifs is 1. The van der Waals surface area contributed by atoms with E-state index in [1.165, 1.54) is 0 Å². The van der Waals surface area contributed by atoms with Crippen LogP contribution >= 0.6 is 0 Å². The summed E-state index contributed by atoms with van der Waals surface area (Å²) < 4.78 is 0. The normalized spacial score (nSPS) is 54.8. The first-order valence-corrected chi connectivity index (χ1v) is 4.58. The van der Waals surface area contributed by atoms with E-state index >= 15 is 0 Å². The fourth-order valence-electron chi connectivity index (χ4n) is 2.62. The highest BCUT2D eigenvalue weighted by atomic mass is 16.3. The van der Waals surface area contributed by atoms with Crippen LogP contribution in [0.3, 0.4) is 0 Å². The van der Waals surface area contributed by atoms with E-state index in [4.69, 9.17) is 0 Å². The van der Waals surface area contributed by atoms with Crippen LogP contribution in [0.25, 0.3) is 0 Å². The molecule has 3 unspecified atom stereocenters. The molecule has 1 aliphatic carbocycles. The summed E-state index contributed by atoms with van der Waals surface area (Å²) in [5.74, 6) is 0.502. The summed E-state index contributed by atoms with van der Waals surface area (Å²) in [7, 11) is 0. The topological polar surface area (TPSA) is 23.2 Å². The van der Waals surface area contributed by atoms with E-state index in [9.17, 15) is 5.11 Å². The molecular formula is C9H17NO. The van der Waals surface area contributed by atoms with E-state index in [0.29, 0.717) is 24.0 Å². The second-order valence-electron chi connectivity index (χ2n) is 4.26. The van der Waals surface area contributed by atoms with Gasteiger partial charge < -0.3 is 5.11 Å². The molecule has 5 atom stereocenters. The van der Waals surface area contributed by atoms with Gasteiger partial charge in [0, 0.05) is 18.1 Å². The maximum absolute atomic E-state index is 9.47. The standard InChI is InChI=1S/C9H17NO/c1-5(2)10-7-4-8(11)6(3)9(7)10/h5-9,11H,4H2,1-3H3/t6?,7-,8?,9+,10?/m0/s1. The summed E-state index contributed by atoms with van der Waals surface area (Å²) in [6, 6.07) is 2.07. The third kappa shape index (κ3) is 0.926. The summed E-state index contributed by atoms with van der Waals surface area (Å²) in [5.41, 5.74) is 0. The van der Waals surface area contributed by atoms with Gasteiger partial charge in [-0.3, -0.25) is 4.90 Å². The zero-order valence-electron chi connectivity index (χ0n) is 7.49. The van der Waals surface area contributed by atoms with Gasteiger partial charge in [-0.1, -0.05) is 6.92 Å². The Hall–Kier alpha value is -0.0800. The first-order chi connectivity index (χ1) is 5.13. The number of aliphatic hydroxyl groups excluding tert-OH is 1. The smallest absolute Gasteiger partial charge is 0.0596 e. The molecule has 2 rings (SSSR count). The first kappa shape index (κ1) is 7.56. The molecule has 1 aliphatic heterocycles. The van der Waals surface area contributed by atoms with Crippen molar-refractivity contribution in [1.82, 2.24) is 4.90 Å². The van der Waals surface area contributed by atoms with Gasteiger partial charge in [0.1, 0.15) is 0 Å². The van der Waals surface area contributed by atoms with Crippen LogP contribution in [0.5, 0.6) is 0 Å². The van der Waals surface area contributed by atoms with Crippen molar-refractivity contribution in [2.45, 2.75) is 51.4 Å². The molecule has 0 spiro atoms. The second kappa shape index (κ2) is 2.20. The molecule has 0 aromatic rings. The molecule has 0 amide bonds. The van der Waals surface area contributed by atoms with Gasteiger partial charge in [0.15, 0.2) is 0 Å². The fourth-order valence-corrected chi connectivity index (χ4v) is 2.62. The van der Waals surface area contributed by atoms with E-state index in [-0.39, 0.29) is 6.10 Å². The van der Waals surface area contributed by atoms with Crippen molar-refractivity contribution in [3.8, 4) is 0 Å². The molecule has 64 valence electrons. The quantitative estimate of drug-likeness (QED) is 0.567. The number of piperidine rings is 1. The minimum atomic E-state index is -0.0278. The molecule has 0 aromatic carbocycles. The monoisotopic (exact) mass is 155 g/mol. The molecular weight excluding hydrogens is 138 g/mol. The first-order valence-electron chi connectivity index (χ1n) is 4.58. The number of hydrogen-bond donors (Lipinski definition) is 1. The van der Waals surface area contributed by atoms with Gasteiger partial charge in [-0.05, 0) is 26.2 Å². The number of rotatable bonds is 1. The molecule has 0 radical (unpaired) electrons. The van der Waals surface area contributed by atoms with Crippen LogP contribution in [0, 0.1) is 5.92 Å². The Bertz CT molecular complexity index is 169. The van der Waals surface area contributed by atoms with E-state index in [1.807, 2.05) is 0 Å². The molecule has 2 fully saturated rings. The van der Waals surface area contributed by atoms with Crippen LogP contribution in [0.2, 0.25) is 0 Å². The molecule has 0 aromatic heterocycles. The summed E-state index contributed by atoms with van der Waals surface area (Å²) >= 11 is 0. The molecule has 11 heavy (non-hydrogen) atoms. The maximum Gasteiger partial charge on any atom is 0.0596 e. The van der Waals surface area contributed by atoms with Crippen LogP contribution in [0.4, 0.5) is 0 Å². The molecule has 1 N–H and O–H groups in total. The van der Waals surface area contributed by atoms with Crippen molar-refractivity contribution in [2.75, 3.05) is 0 Å². The van der Waals surface area contributed by atoms with Crippen LogP contribution < -0.4 is 0 Å². The Kier molecular flexibility index (Phi) is 1.52. The van der Waals surface area contributed by atoms with Crippen molar-refractivity contribution < 1.29 is 5.11 Å². The number of aliphatic hydroxyl groups is 1. The van der Waals surface area contributed by atoms with Gasteiger partial charge in [-0.2, -0.15) is 0 Å². The molecule has 1 saturated heterocycles. The van der Waals surface area contributed by atoms with Crippen LogP contribution in [0.1, 0.15) is 27.2 Å². The molecule has 2 heteroatoms. The predicted octanol–water partition coefficient (Wildman–Crippen LogP) is 0.848. The van der Waals surface area contributed by atoms with E-state index in [2.05, 4.69) is 25.7 Å². The van der Waals surface area contributed by atoms with Crippen molar-refractivity contribution in [3.63, 3.8) is 0 Å². The Morgan fingerprint density at radius 2 is 2.09 bits per heavy atom. The lowest BCUT2D eigenvalue weighted by molar-refractivity contribution is 0.102. The van der Waals surface area contributed by atoms with E-state index in [0.717, 1.165) is 6.42 Å². The van der Waals surface area contributed by atoms with Gasteiger partial charge in [-0.15, -0.1) is 0 Å². The molecule has 1 heterocycles. The van der Waals surface area contributed by atoms with Gasteiger partial charge in [0.2, 0.25) is 0 Å². The van der Waals surface area contributed by atoms with Crippen molar-refractivity contribution in [2.24, 2.45) is 5.92 Å². The summed E-state index contributed by atoms with van der Waals surface area (Å²) in [5, 5.41) is 9.47. The van der Waals surface area contributed by atoms with Gasteiger partial charge >= 0.3 is 0 Å². The number of hydrogen-bond acceptors (Lipinski definition) is 2. The average Bonchev–Trinajstić information content (AvgIpc) is 2.54. The minimum absolute atomic E-state index is 0.0278. The SMILES string of the molecule is CC1C(O)C[C@H]2[C@@H]1N2C(C)C. The molecule has 2 nitrogen and oxygen atoms in total. The fraction of sp³-hybridized carbons (Fsp3) is 1.00. The zero-order valence-corrected chi connectivity index (χ0v) is 7.49. The lowest BCUT2D eigenvalue weighted by atomic mass is 10.1. The van der Waals surface area contributed by atoms with Crippen LogP contribution in [-0.2, 0) is 0 Å². The largest absolute Gasteiger partial charge is 0.393 e. The highest BCUT2D eigenvalue weighted by molar-refractivity contribution is 5.13. The molecule has 2 aliphatic rings. The van der Waals surface area contributed by atoms with Crippen LogP contribution in [0.15, 0.2) is 0 Å². The summed E-state index contributed by atoms with van der Waals surface area (Å²) in [6.45, 7) is 6.63. The van der Waals surface area contributed by atoms with E-state index in [1.54, 1.807) is 0 Å². The number of nitrogens with zero attached hydrogens (tertiary/aromatic N) is 1. The highest BCUT2D eigenvalue weighted by Crippen LogP contribution is 2.47. The maximum atomic E-state index is 9.47. The minimum Gasteiger partial charge on any atom is -0.393 e. The highest BCUT2D eigenvalue weighted by Gasteiger charge is 2.58. The van der Waals surface area contributed by atoms with Gasteiger partial charge in [-0.25, -0.2) is 0 Å². The van der Waals surface area contributed by atoms with Crippen LogP contribution in [-0.4, -0.2) is 34.2 Å². The molecule has 0 bridgehead atoms. The van der Waals surface area contributed by atoms with E-state index < -0.39 is 0 Å². The Morgan fingerprint density at radius 3 is 2.45 bits per heavy atom. The van der Waals surface area contributed by atoms with Crippen molar-refractivity contribution in [1.29, 1.82) is 0 Å². The lowest BCUT2D eigenvalue weighted by Gasteiger charge is -2.19. The number of likely N-dealkylation sites (tertiary alicyclic amines) is 1. The Balaban J connectivity index is 2.00. The van der Waals surface area contributed by atoms with Gasteiger partial charge in [0.25, 0.3) is 0 Å². The average molecular weight is 155 g/mol. The Labute approximate surface area is 68.2 Å². The lowest BCUT2D eigenvalue weighted by Crippen LogP contribution is -2.26. The third-order valence-electron chi connectivity index (χ3n) is 3.26.